The number of nitrogens with zero attached hydrogens (tertiary/aromatic N) is 5. The highest BCUT2D eigenvalue weighted by Crippen LogP contribution is 2.11. The van der Waals surface area contributed by atoms with E-state index in [2.05, 4.69) is 41.2 Å². The van der Waals surface area contributed by atoms with Gasteiger partial charge in [0, 0.05) is 32.7 Å². The standard InChI is InChI=1S/C17H19N5O/c1-14-3-2-4-15(9-14)12-20-5-7-21(8-6-20)17(23)22-13-16(10-18)11-19-22/h2-4,9,11,13H,5-8,12H2,1H3. The van der Waals surface area contributed by atoms with E-state index in [-0.39, 0.29) is 6.03 Å². The molecule has 1 aromatic carbocycles. The van der Waals surface area contributed by atoms with Gasteiger partial charge in [0.15, 0.2) is 0 Å². The summed E-state index contributed by atoms with van der Waals surface area (Å²) in [5.41, 5.74) is 2.97. The zero-order chi connectivity index (χ0) is 16.2. The Labute approximate surface area is 135 Å². The van der Waals surface area contributed by atoms with Crippen LogP contribution in [-0.2, 0) is 6.54 Å². The average molecular weight is 309 g/mol. The van der Waals surface area contributed by atoms with Crippen LogP contribution in [0.25, 0.3) is 0 Å². The Bertz CT molecular complexity index is 737. The molecule has 1 saturated heterocycles. The van der Waals surface area contributed by atoms with E-state index < -0.39 is 0 Å². The maximum absolute atomic E-state index is 12.3. The Morgan fingerprint density at radius 2 is 2.09 bits per heavy atom. The van der Waals surface area contributed by atoms with Gasteiger partial charge in [0.25, 0.3) is 0 Å². The fourth-order valence-corrected chi connectivity index (χ4v) is 2.80. The zero-order valence-corrected chi connectivity index (χ0v) is 13.1. The van der Waals surface area contributed by atoms with Crippen molar-refractivity contribution in [3.05, 3.63) is 53.3 Å². The minimum absolute atomic E-state index is 0.165. The number of hydrogen-bond donors (Lipinski definition) is 0. The molecule has 0 radical (unpaired) electrons. The number of benzene rings is 1. The van der Waals surface area contributed by atoms with Crippen LogP contribution in [0.4, 0.5) is 4.79 Å². The first-order valence-electron chi connectivity index (χ1n) is 7.67. The summed E-state index contributed by atoms with van der Waals surface area (Å²) in [6.45, 7) is 6.03. The van der Waals surface area contributed by atoms with Gasteiger partial charge in [0.1, 0.15) is 6.07 Å². The summed E-state index contributed by atoms with van der Waals surface area (Å²) in [5, 5.41) is 12.8. The Balaban J connectivity index is 1.56. The van der Waals surface area contributed by atoms with E-state index in [4.69, 9.17) is 5.26 Å². The highest BCUT2D eigenvalue weighted by molar-refractivity contribution is 5.76. The van der Waals surface area contributed by atoms with Gasteiger partial charge in [-0.3, -0.25) is 4.90 Å². The lowest BCUT2D eigenvalue weighted by atomic mass is 10.1. The monoisotopic (exact) mass is 309 g/mol. The van der Waals surface area contributed by atoms with Crippen LogP contribution in [0.1, 0.15) is 16.7 Å². The summed E-state index contributed by atoms with van der Waals surface area (Å²) in [5.74, 6) is 0. The third kappa shape index (κ3) is 3.58. The first kappa shape index (κ1) is 15.3. The molecule has 0 aliphatic carbocycles. The number of nitriles is 1. The smallest absolute Gasteiger partial charge is 0.320 e. The summed E-state index contributed by atoms with van der Waals surface area (Å²) < 4.78 is 1.24. The fourth-order valence-electron chi connectivity index (χ4n) is 2.80. The second-order valence-corrected chi connectivity index (χ2v) is 5.82. The molecule has 0 N–H and O–H groups in total. The molecule has 2 aromatic rings. The molecule has 1 aliphatic heterocycles. The Morgan fingerprint density at radius 3 is 2.74 bits per heavy atom. The highest BCUT2D eigenvalue weighted by Gasteiger charge is 2.22. The maximum Gasteiger partial charge on any atom is 0.344 e. The summed E-state index contributed by atoms with van der Waals surface area (Å²) >= 11 is 0. The largest absolute Gasteiger partial charge is 0.344 e. The van der Waals surface area contributed by atoms with Crippen molar-refractivity contribution in [2.75, 3.05) is 26.2 Å². The van der Waals surface area contributed by atoms with Crippen LogP contribution in [0.5, 0.6) is 0 Å². The van der Waals surface area contributed by atoms with Gasteiger partial charge in [-0.05, 0) is 12.5 Å². The van der Waals surface area contributed by atoms with Crippen molar-refractivity contribution in [3.63, 3.8) is 0 Å². The van der Waals surface area contributed by atoms with Crippen molar-refractivity contribution in [3.8, 4) is 6.07 Å². The van der Waals surface area contributed by atoms with E-state index in [0.29, 0.717) is 18.7 Å². The molecule has 1 aliphatic rings. The molecule has 1 amide bonds. The van der Waals surface area contributed by atoms with E-state index in [0.717, 1.165) is 19.6 Å². The van der Waals surface area contributed by atoms with Crippen LogP contribution in [0.2, 0.25) is 0 Å². The number of hydrogen-bond acceptors (Lipinski definition) is 4. The predicted octanol–water partition coefficient (Wildman–Crippen LogP) is 1.85. The highest BCUT2D eigenvalue weighted by atomic mass is 16.2. The number of piperazine rings is 1. The molecule has 2 heterocycles. The topological polar surface area (TPSA) is 65.2 Å². The number of amides is 1. The van der Waals surface area contributed by atoms with Gasteiger partial charge >= 0.3 is 6.03 Å². The third-order valence-electron chi connectivity index (χ3n) is 4.04. The van der Waals surface area contributed by atoms with E-state index in [9.17, 15) is 4.79 Å². The van der Waals surface area contributed by atoms with Crippen LogP contribution in [-0.4, -0.2) is 51.8 Å². The lowest BCUT2D eigenvalue weighted by Crippen LogP contribution is -2.49. The number of carbonyl (C=O) groups excluding carboxylic acids is 1. The second kappa shape index (κ2) is 6.63. The first-order valence-corrected chi connectivity index (χ1v) is 7.67. The number of carbonyl (C=O) groups is 1. The normalized spacial score (nSPS) is 15.4. The number of rotatable bonds is 2. The molecule has 1 fully saturated rings. The number of aromatic nitrogens is 2. The molecule has 0 unspecified atom stereocenters. The van der Waals surface area contributed by atoms with Gasteiger partial charge in [0.05, 0.1) is 18.0 Å². The van der Waals surface area contributed by atoms with E-state index in [1.54, 1.807) is 4.90 Å². The minimum Gasteiger partial charge on any atom is -0.320 e. The molecule has 6 nitrogen and oxygen atoms in total. The van der Waals surface area contributed by atoms with Gasteiger partial charge < -0.3 is 4.90 Å². The summed E-state index contributed by atoms with van der Waals surface area (Å²) in [6.07, 6.45) is 2.88. The van der Waals surface area contributed by atoms with Crippen molar-refractivity contribution in [2.45, 2.75) is 13.5 Å². The van der Waals surface area contributed by atoms with E-state index in [1.165, 1.54) is 28.2 Å². The summed E-state index contributed by atoms with van der Waals surface area (Å²) in [4.78, 5) is 16.5. The van der Waals surface area contributed by atoms with Crippen LogP contribution in [0, 0.1) is 18.3 Å². The average Bonchev–Trinajstić information content (AvgIpc) is 3.04. The Kier molecular flexibility index (Phi) is 4.40. The lowest BCUT2D eigenvalue weighted by Gasteiger charge is -2.34. The van der Waals surface area contributed by atoms with Crippen LogP contribution in [0.15, 0.2) is 36.7 Å². The van der Waals surface area contributed by atoms with Crippen molar-refractivity contribution in [1.29, 1.82) is 5.26 Å². The second-order valence-electron chi connectivity index (χ2n) is 5.82. The van der Waals surface area contributed by atoms with Crippen molar-refractivity contribution < 1.29 is 4.79 Å². The Hall–Kier alpha value is -2.65. The molecule has 0 bridgehead atoms. The SMILES string of the molecule is Cc1cccc(CN2CCN(C(=O)n3cc(C#N)cn3)CC2)c1. The lowest BCUT2D eigenvalue weighted by molar-refractivity contribution is 0.134. The quantitative estimate of drug-likeness (QED) is 0.849. The molecule has 6 heteroatoms. The van der Waals surface area contributed by atoms with Crippen LogP contribution in [0.3, 0.4) is 0 Å². The first-order chi connectivity index (χ1) is 11.2. The third-order valence-corrected chi connectivity index (χ3v) is 4.04. The van der Waals surface area contributed by atoms with Crippen molar-refractivity contribution >= 4 is 6.03 Å². The number of aryl methyl sites for hydroxylation is 1. The van der Waals surface area contributed by atoms with E-state index in [1.807, 2.05) is 6.07 Å². The maximum atomic E-state index is 12.3. The fraction of sp³-hybridized carbons (Fsp3) is 0.353. The molecule has 118 valence electrons. The molecular weight excluding hydrogens is 290 g/mol. The minimum atomic E-state index is -0.165. The van der Waals surface area contributed by atoms with Crippen LogP contribution >= 0.6 is 0 Å². The molecule has 3 rings (SSSR count). The van der Waals surface area contributed by atoms with Gasteiger partial charge in [-0.15, -0.1) is 0 Å². The molecule has 1 aromatic heterocycles. The molecule has 0 spiro atoms. The van der Waals surface area contributed by atoms with Crippen molar-refractivity contribution in [1.82, 2.24) is 19.6 Å². The van der Waals surface area contributed by atoms with Crippen LogP contribution < -0.4 is 0 Å². The summed E-state index contributed by atoms with van der Waals surface area (Å²) in [6, 6.07) is 10.3. The predicted molar refractivity (Wildman–Crippen MR) is 85.8 cm³/mol. The molecule has 0 atom stereocenters. The van der Waals surface area contributed by atoms with Gasteiger partial charge in [0.2, 0.25) is 0 Å². The van der Waals surface area contributed by atoms with Gasteiger partial charge in [-0.25, -0.2) is 4.79 Å². The summed E-state index contributed by atoms with van der Waals surface area (Å²) in [7, 11) is 0. The molecule has 0 saturated carbocycles. The van der Waals surface area contributed by atoms with Gasteiger partial charge in [-0.1, -0.05) is 29.8 Å². The van der Waals surface area contributed by atoms with Crippen molar-refractivity contribution in [2.24, 2.45) is 0 Å². The zero-order valence-electron chi connectivity index (χ0n) is 13.1. The van der Waals surface area contributed by atoms with Gasteiger partial charge in [-0.2, -0.15) is 15.0 Å². The Morgan fingerprint density at radius 1 is 1.30 bits per heavy atom. The van der Waals surface area contributed by atoms with E-state index >= 15 is 0 Å². The molecular formula is C17H19N5O. The molecule has 23 heavy (non-hydrogen) atoms.